The Morgan fingerprint density at radius 3 is 2.39 bits per heavy atom. The lowest BCUT2D eigenvalue weighted by Gasteiger charge is -2.33. The molecule has 0 spiro atoms. The van der Waals surface area contributed by atoms with E-state index in [0.29, 0.717) is 29.6 Å². The molecule has 0 aromatic carbocycles. The second-order valence-electron chi connectivity index (χ2n) is 8.82. The number of nitrogens with one attached hydrogen (secondary N) is 1. The van der Waals surface area contributed by atoms with Crippen LogP contribution in [-0.4, -0.2) is 25.6 Å². The van der Waals surface area contributed by atoms with Gasteiger partial charge in [-0.15, -0.1) is 0 Å². The van der Waals surface area contributed by atoms with Gasteiger partial charge in [0.05, 0.1) is 0 Å². The summed E-state index contributed by atoms with van der Waals surface area (Å²) in [5, 5.41) is 13.0. The van der Waals surface area contributed by atoms with Crippen LogP contribution in [0.1, 0.15) is 77.6 Å². The Labute approximate surface area is 175 Å². The van der Waals surface area contributed by atoms with Crippen molar-refractivity contribution in [2.24, 2.45) is 17.8 Å². The summed E-state index contributed by atoms with van der Waals surface area (Å²) in [5.41, 5.74) is 1.51. The molecule has 28 heavy (non-hydrogen) atoms. The highest BCUT2D eigenvalue weighted by Crippen LogP contribution is 2.39. The molecule has 2 aliphatic carbocycles. The quantitative estimate of drug-likeness (QED) is 0.620. The standard InChI is InChI=1S/C21H29BrN6/c1-12-7-9-16(10-8-12)14(3)28-18-19(24-13(2)15-5-4-6-15)25-17(11-23)26-20(18)27-21(28)22/h12-16H,4-10H2,1-3H3,(H,24,25,26)/t12?,13-,14?,16?/m1/s1. The maximum atomic E-state index is 9.39. The molecule has 1 unspecified atom stereocenters. The molecule has 0 radical (unpaired) electrons. The predicted molar refractivity (Wildman–Crippen MR) is 114 cm³/mol. The van der Waals surface area contributed by atoms with E-state index >= 15 is 0 Å². The number of fused-ring (bicyclic) bond motifs is 1. The van der Waals surface area contributed by atoms with Crippen LogP contribution >= 0.6 is 15.9 Å². The molecule has 0 bridgehead atoms. The first-order valence-corrected chi connectivity index (χ1v) is 11.4. The summed E-state index contributed by atoms with van der Waals surface area (Å²) >= 11 is 3.66. The minimum Gasteiger partial charge on any atom is -0.365 e. The van der Waals surface area contributed by atoms with Gasteiger partial charge < -0.3 is 9.88 Å². The summed E-state index contributed by atoms with van der Waals surface area (Å²) in [5.74, 6) is 3.04. The number of halogens is 1. The molecule has 0 saturated heterocycles. The van der Waals surface area contributed by atoms with Gasteiger partial charge in [-0.05, 0) is 73.2 Å². The Hall–Kier alpha value is -1.68. The average molecular weight is 445 g/mol. The molecule has 7 heteroatoms. The molecule has 4 rings (SSSR count). The highest BCUT2D eigenvalue weighted by atomic mass is 79.9. The van der Waals surface area contributed by atoms with Crippen molar-refractivity contribution in [1.29, 1.82) is 5.26 Å². The van der Waals surface area contributed by atoms with Crippen LogP contribution in [0.3, 0.4) is 0 Å². The SMILES string of the molecule is CC1CCC(C(C)n2c(Br)nc3nc(C#N)nc(N[C@H](C)C4CCC4)c32)CC1. The third-order valence-electron chi connectivity index (χ3n) is 6.97. The van der Waals surface area contributed by atoms with Crippen LogP contribution in [0.2, 0.25) is 0 Å². The number of aromatic nitrogens is 4. The molecule has 150 valence electrons. The number of nitrogens with zero attached hydrogens (tertiary/aromatic N) is 5. The first kappa shape index (κ1) is 19.6. The number of nitriles is 1. The Morgan fingerprint density at radius 1 is 1.07 bits per heavy atom. The monoisotopic (exact) mass is 444 g/mol. The van der Waals surface area contributed by atoms with E-state index < -0.39 is 0 Å². The van der Waals surface area contributed by atoms with E-state index in [4.69, 9.17) is 0 Å². The maximum absolute atomic E-state index is 9.39. The van der Waals surface area contributed by atoms with Gasteiger partial charge in [0.1, 0.15) is 11.6 Å². The third kappa shape index (κ3) is 3.63. The largest absolute Gasteiger partial charge is 0.365 e. The zero-order valence-corrected chi connectivity index (χ0v) is 18.5. The van der Waals surface area contributed by atoms with Crippen LogP contribution in [0.15, 0.2) is 4.73 Å². The van der Waals surface area contributed by atoms with E-state index in [0.717, 1.165) is 22.0 Å². The summed E-state index contributed by atoms with van der Waals surface area (Å²) in [7, 11) is 0. The van der Waals surface area contributed by atoms with Gasteiger partial charge in [-0.3, -0.25) is 0 Å². The zero-order valence-electron chi connectivity index (χ0n) is 17.0. The predicted octanol–water partition coefficient (Wildman–Crippen LogP) is 5.45. The van der Waals surface area contributed by atoms with Gasteiger partial charge in [0, 0.05) is 12.1 Å². The van der Waals surface area contributed by atoms with Crippen molar-refractivity contribution in [3.63, 3.8) is 0 Å². The number of anilines is 1. The Kier molecular flexibility index (Phi) is 5.59. The van der Waals surface area contributed by atoms with Gasteiger partial charge in [0.25, 0.3) is 0 Å². The van der Waals surface area contributed by atoms with Crippen molar-refractivity contribution in [2.45, 2.75) is 77.8 Å². The van der Waals surface area contributed by atoms with Gasteiger partial charge in [-0.25, -0.2) is 4.98 Å². The van der Waals surface area contributed by atoms with E-state index in [9.17, 15) is 5.26 Å². The van der Waals surface area contributed by atoms with Crippen LogP contribution in [0.4, 0.5) is 5.82 Å². The molecule has 1 N–H and O–H groups in total. The minimum atomic E-state index is 0.173. The number of rotatable bonds is 5. The van der Waals surface area contributed by atoms with E-state index in [1.807, 2.05) is 0 Å². The summed E-state index contributed by atoms with van der Waals surface area (Å²) in [6.45, 7) is 6.85. The minimum absolute atomic E-state index is 0.173. The van der Waals surface area contributed by atoms with E-state index in [-0.39, 0.29) is 5.82 Å². The fourth-order valence-electron chi connectivity index (χ4n) is 4.75. The van der Waals surface area contributed by atoms with Crippen molar-refractivity contribution >= 4 is 32.9 Å². The zero-order chi connectivity index (χ0) is 19.8. The highest BCUT2D eigenvalue weighted by Gasteiger charge is 2.30. The summed E-state index contributed by atoms with van der Waals surface area (Å²) in [6, 6.07) is 2.72. The molecule has 2 heterocycles. The Morgan fingerprint density at radius 2 is 1.79 bits per heavy atom. The smallest absolute Gasteiger partial charge is 0.236 e. The normalized spacial score (nSPS) is 25.1. The van der Waals surface area contributed by atoms with Crippen LogP contribution in [0.5, 0.6) is 0 Å². The lowest BCUT2D eigenvalue weighted by Crippen LogP contribution is -2.31. The molecular weight excluding hydrogens is 416 g/mol. The van der Waals surface area contributed by atoms with Crippen LogP contribution in [0.25, 0.3) is 11.2 Å². The second kappa shape index (κ2) is 7.98. The molecule has 2 saturated carbocycles. The first-order valence-electron chi connectivity index (χ1n) is 10.6. The van der Waals surface area contributed by atoms with E-state index in [1.165, 1.54) is 44.9 Å². The summed E-state index contributed by atoms with van der Waals surface area (Å²) in [6.07, 6.45) is 8.89. The van der Waals surface area contributed by atoms with Crippen molar-refractivity contribution in [1.82, 2.24) is 19.5 Å². The Bertz CT molecular complexity index is 888. The molecule has 2 fully saturated rings. The fraction of sp³-hybridized carbons (Fsp3) is 0.714. The van der Waals surface area contributed by atoms with Crippen molar-refractivity contribution in [3.8, 4) is 6.07 Å². The second-order valence-corrected chi connectivity index (χ2v) is 9.52. The molecule has 2 aliphatic rings. The molecule has 2 aromatic heterocycles. The molecule has 0 aliphatic heterocycles. The number of hydrogen-bond acceptors (Lipinski definition) is 5. The first-order chi connectivity index (χ1) is 13.5. The van der Waals surface area contributed by atoms with Gasteiger partial charge in [-0.2, -0.15) is 15.2 Å². The van der Waals surface area contributed by atoms with E-state index in [2.05, 4.69) is 67.6 Å². The topological polar surface area (TPSA) is 79.4 Å². The third-order valence-corrected chi connectivity index (χ3v) is 7.53. The molecule has 0 amide bonds. The molecule has 2 atom stereocenters. The van der Waals surface area contributed by atoms with Crippen LogP contribution in [-0.2, 0) is 0 Å². The van der Waals surface area contributed by atoms with Crippen molar-refractivity contribution < 1.29 is 0 Å². The lowest BCUT2D eigenvalue weighted by atomic mass is 9.79. The van der Waals surface area contributed by atoms with Crippen LogP contribution < -0.4 is 5.32 Å². The van der Waals surface area contributed by atoms with Crippen LogP contribution in [0, 0.1) is 29.1 Å². The lowest BCUT2D eigenvalue weighted by molar-refractivity contribution is 0.226. The molecule has 2 aromatic rings. The molecule has 6 nitrogen and oxygen atoms in total. The van der Waals surface area contributed by atoms with Crippen molar-refractivity contribution in [2.75, 3.05) is 5.32 Å². The van der Waals surface area contributed by atoms with Crippen molar-refractivity contribution in [3.05, 3.63) is 10.6 Å². The van der Waals surface area contributed by atoms with E-state index in [1.54, 1.807) is 0 Å². The average Bonchev–Trinajstić information content (AvgIpc) is 2.96. The summed E-state index contributed by atoms with van der Waals surface area (Å²) < 4.78 is 3.02. The number of hydrogen-bond donors (Lipinski definition) is 1. The highest BCUT2D eigenvalue weighted by molar-refractivity contribution is 9.10. The fourth-order valence-corrected chi connectivity index (χ4v) is 5.42. The van der Waals surface area contributed by atoms with Gasteiger partial charge in [-0.1, -0.05) is 26.2 Å². The Balaban J connectivity index is 1.73. The molecular formula is C21H29BrN6. The van der Waals surface area contributed by atoms with Gasteiger partial charge >= 0.3 is 0 Å². The maximum Gasteiger partial charge on any atom is 0.236 e. The van der Waals surface area contributed by atoms with Gasteiger partial charge in [0.15, 0.2) is 16.2 Å². The van der Waals surface area contributed by atoms with Gasteiger partial charge in [0.2, 0.25) is 5.82 Å². The number of imidazole rings is 1. The summed E-state index contributed by atoms with van der Waals surface area (Å²) in [4.78, 5) is 13.6.